The molecule has 2 heteroatoms. The summed E-state index contributed by atoms with van der Waals surface area (Å²) in [7, 11) is 0. The Morgan fingerprint density at radius 2 is 2.45 bits per heavy atom. The number of hydrogen-bond donors (Lipinski definition) is 0. The summed E-state index contributed by atoms with van der Waals surface area (Å²) < 4.78 is 0. The van der Waals surface area contributed by atoms with Crippen LogP contribution in [0.5, 0.6) is 0 Å². The van der Waals surface area contributed by atoms with Crippen LogP contribution in [0.1, 0.15) is 12.5 Å². The maximum Gasteiger partial charge on any atom is 0.0355 e. The lowest BCUT2D eigenvalue weighted by Crippen LogP contribution is -1.79. The van der Waals surface area contributed by atoms with Gasteiger partial charge in [-0.15, -0.1) is 0 Å². The summed E-state index contributed by atoms with van der Waals surface area (Å²) in [6.45, 7) is 1.93. The Bertz CT molecular complexity index is 250. The molecule has 1 heterocycles. The molecule has 56 valence electrons. The minimum atomic E-state index is 1.02. The van der Waals surface area contributed by atoms with Gasteiger partial charge in [-0.25, -0.2) is 0 Å². The van der Waals surface area contributed by atoms with Gasteiger partial charge in [0.1, 0.15) is 0 Å². The van der Waals surface area contributed by atoms with Crippen LogP contribution in [0.15, 0.2) is 41.8 Å². The molecule has 0 aliphatic carbocycles. The Kier molecular flexibility index (Phi) is 3.06. The summed E-state index contributed by atoms with van der Waals surface area (Å²) in [5.74, 6) is 0. The maximum absolute atomic E-state index is 4.01. The summed E-state index contributed by atoms with van der Waals surface area (Å²) in [4.78, 5) is 7.96. The minimum absolute atomic E-state index is 1.02. The molecule has 0 bridgehead atoms. The van der Waals surface area contributed by atoms with Crippen molar-refractivity contribution in [1.29, 1.82) is 0 Å². The van der Waals surface area contributed by atoms with Crippen LogP contribution in [0.25, 0.3) is 0 Å². The van der Waals surface area contributed by atoms with Crippen LogP contribution in [0.2, 0.25) is 0 Å². The monoisotopic (exact) mass is 146 g/mol. The Morgan fingerprint density at radius 3 is 3.09 bits per heavy atom. The highest BCUT2D eigenvalue weighted by Gasteiger charge is 1.80. The highest BCUT2D eigenvalue weighted by atomic mass is 14.7. The molecule has 1 aromatic heterocycles. The lowest BCUT2D eigenvalue weighted by atomic mass is 10.3. The lowest BCUT2D eigenvalue weighted by molar-refractivity contribution is 1.32. The van der Waals surface area contributed by atoms with Gasteiger partial charge in [0, 0.05) is 30.4 Å². The van der Waals surface area contributed by atoms with Crippen molar-refractivity contribution in [2.45, 2.75) is 6.92 Å². The van der Waals surface area contributed by atoms with Crippen molar-refractivity contribution in [3.05, 3.63) is 42.4 Å². The SMILES string of the molecule is CC=CN=Cc1cccnc1. The number of pyridine rings is 1. The molecular weight excluding hydrogens is 136 g/mol. The molecule has 1 aromatic rings. The number of allylic oxidation sites excluding steroid dienone is 1. The Morgan fingerprint density at radius 1 is 1.55 bits per heavy atom. The van der Waals surface area contributed by atoms with Gasteiger partial charge in [-0.3, -0.25) is 9.98 Å². The van der Waals surface area contributed by atoms with Crippen molar-refractivity contribution in [2.24, 2.45) is 4.99 Å². The van der Waals surface area contributed by atoms with E-state index in [1.165, 1.54) is 0 Å². The third-order valence-corrected chi connectivity index (χ3v) is 1.14. The molecule has 1 rings (SSSR count). The highest BCUT2D eigenvalue weighted by molar-refractivity contribution is 5.79. The average molecular weight is 146 g/mol. The first kappa shape index (κ1) is 7.66. The maximum atomic E-state index is 4.01. The van der Waals surface area contributed by atoms with Gasteiger partial charge in [0.2, 0.25) is 0 Å². The van der Waals surface area contributed by atoms with E-state index >= 15 is 0 Å². The topological polar surface area (TPSA) is 25.2 Å². The van der Waals surface area contributed by atoms with Crippen molar-refractivity contribution in [3.63, 3.8) is 0 Å². The van der Waals surface area contributed by atoms with Gasteiger partial charge in [0.15, 0.2) is 0 Å². The molecule has 0 amide bonds. The minimum Gasteiger partial charge on any atom is -0.264 e. The van der Waals surface area contributed by atoms with Gasteiger partial charge in [-0.05, 0) is 13.0 Å². The van der Waals surface area contributed by atoms with Crippen LogP contribution in [0, 0.1) is 0 Å². The molecule has 0 spiro atoms. The fourth-order valence-electron chi connectivity index (χ4n) is 0.667. The summed E-state index contributed by atoms with van der Waals surface area (Å²) in [6.07, 6.45) is 8.91. The molecule has 11 heavy (non-hydrogen) atoms. The highest BCUT2D eigenvalue weighted by Crippen LogP contribution is 1.90. The van der Waals surface area contributed by atoms with E-state index in [1.54, 1.807) is 24.8 Å². The van der Waals surface area contributed by atoms with Crippen molar-refractivity contribution in [2.75, 3.05) is 0 Å². The summed E-state index contributed by atoms with van der Waals surface area (Å²) >= 11 is 0. The Hall–Kier alpha value is -1.44. The molecule has 0 aromatic carbocycles. The molecular formula is C9H10N2. The Balaban J connectivity index is 2.64. The fourth-order valence-corrected chi connectivity index (χ4v) is 0.667. The number of aromatic nitrogens is 1. The molecule has 0 aliphatic heterocycles. The Labute approximate surface area is 66.3 Å². The zero-order valence-corrected chi connectivity index (χ0v) is 6.44. The van der Waals surface area contributed by atoms with Crippen LogP contribution in [0.3, 0.4) is 0 Å². The van der Waals surface area contributed by atoms with E-state index in [4.69, 9.17) is 0 Å². The summed E-state index contributed by atoms with van der Waals surface area (Å²) in [5.41, 5.74) is 1.02. The van der Waals surface area contributed by atoms with Gasteiger partial charge < -0.3 is 0 Å². The van der Waals surface area contributed by atoms with E-state index in [0.717, 1.165) is 5.56 Å². The standard InChI is InChI=1S/C9H10N2/c1-2-5-10-7-9-4-3-6-11-8-9/h2-8H,1H3. The third-order valence-electron chi connectivity index (χ3n) is 1.14. The predicted octanol–water partition coefficient (Wildman–Crippen LogP) is 2.03. The average Bonchev–Trinajstić information content (AvgIpc) is 2.07. The van der Waals surface area contributed by atoms with Gasteiger partial charge in [-0.1, -0.05) is 12.1 Å². The van der Waals surface area contributed by atoms with Crippen molar-refractivity contribution in [1.82, 2.24) is 4.98 Å². The van der Waals surface area contributed by atoms with E-state index in [9.17, 15) is 0 Å². The predicted molar refractivity (Wildman–Crippen MR) is 46.6 cm³/mol. The zero-order valence-electron chi connectivity index (χ0n) is 6.44. The van der Waals surface area contributed by atoms with Crippen LogP contribution in [0.4, 0.5) is 0 Å². The molecule has 0 N–H and O–H groups in total. The van der Waals surface area contributed by atoms with Gasteiger partial charge in [0.05, 0.1) is 0 Å². The second-order valence-electron chi connectivity index (χ2n) is 2.05. The van der Waals surface area contributed by atoms with Crippen LogP contribution >= 0.6 is 0 Å². The first-order valence-electron chi connectivity index (χ1n) is 3.48. The fraction of sp³-hybridized carbons (Fsp3) is 0.111. The number of nitrogens with zero attached hydrogens (tertiary/aromatic N) is 2. The number of aliphatic imine (C=N–C) groups is 1. The molecule has 2 nitrogen and oxygen atoms in total. The molecule has 0 atom stereocenters. The second-order valence-corrected chi connectivity index (χ2v) is 2.05. The van der Waals surface area contributed by atoms with E-state index < -0.39 is 0 Å². The number of rotatable bonds is 2. The molecule has 0 saturated carbocycles. The molecule has 0 fully saturated rings. The largest absolute Gasteiger partial charge is 0.264 e. The molecule has 0 radical (unpaired) electrons. The first-order chi connectivity index (χ1) is 5.43. The summed E-state index contributed by atoms with van der Waals surface area (Å²) in [5, 5.41) is 0. The second kappa shape index (κ2) is 4.39. The quantitative estimate of drug-likeness (QED) is 0.586. The van der Waals surface area contributed by atoms with E-state index in [1.807, 2.05) is 25.1 Å². The van der Waals surface area contributed by atoms with Crippen molar-refractivity contribution < 1.29 is 0 Å². The van der Waals surface area contributed by atoms with Gasteiger partial charge >= 0.3 is 0 Å². The lowest BCUT2D eigenvalue weighted by Gasteiger charge is -1.86. The van der Waals surface area contributed by atoms with Crippen molar-refractivity contribution in [3.8, 4) is 0 Å². The summed E-state index contributed by atoms with van der Waals surface area (Å²) in [6, 6.07) is 3.84. The third kappa shape index (κ3) is 2.76. The van der Waals surface area contributed by atoms with Gasteiger partial charge in [-0.2, -0.15) is 0 Å². The van der Waals surface area contributed by atoms with Crippen LogP contribution < -0.4 is 0 Å². The molecule has 0 unspecified atom stereocenters. The van der Waals surface area contributed by atoms with E-state index in [0.29, 0.717) is 0 Å². The van der Waals surface area contributed by atoms with Crippen LogP contribution in [-0.2, 0) is 0 Å². The smallest absolute Gasteiger partial charge is 0.0355 e. The van der Waals surface area contributed by atoms with E-state index in [-0.39, 0.29) is 0 Å². The van der Waals surface area contributed by atoms with Crippen molar-refractivity contribution >= 4 is 6.21 Å². The normalized spacial score (nSPS) is 11.4. The zero-order chi connectivity index (χ0) is 7.94. The first-order valence-corrected chi connectivity index (χ1v) is 3.48. The van der Waals surface area contributed by atoms with Crippen LogP contribution in [-0.4, -0.2) is 11.2 Å². The molecule has 0 saturated heterocycles. The number of hydrogen-bond acceptors (Lipinski definition) is 2. The molecule has 0 aliphatic rings. The van der Waals surface area contributed by atoms with E-state index in [2.05, 4.69) is 9.98 Å². The van der Waals surface area contributed by atoms with Gasteiger partial charge in [0.25, 0.3) is 0 Å².